The molecule has 0 aliphatic carbocycles. The van der Waals surface area contributed by atoms with Gasteiger partial charge in [0.2, 0.25) is 12.3 Å². The highest BCUT2D eigenvalue weighted by Gasteiger charge is 2.46. The van der Waals surface area contributed by atoms with Crippen molar-refractivity contribution in [2.45, 2.75) is 89.0 Å². The molecule has 294 valence electrons. The van der Waals surface area contributed by atoms with Crippen LogP contribution in [0.15, 0.2) is 72.8 Å². The number of halogens is 9. The Kier molecular flexibility index (Phi) is 13.6. The van der Waals surface area contributed by atoms with Crippen LogP contribution in [0, 0.1) is 0 Å². The maximum atomic E-state index is 14.2. The van der Waals surface area contributed by atoms with Crippen LogP contribution in [-0.4, -0.2) is 64.4 Å². The van der Waals surface area contributed by atoms with Gasteiger partial charge in [-0.25, -0.2) is 4.79 Å². The van der Waals surface area contributed by atoms with E-state index < -0.39 is 84.2 Å². The third-order valence-corrected chi connectivity index (χ3v) is 9.09. The Morgan fingerprint density at radius 3 is 2.00 bits per heavy atom. The number of nitrogens with two attached hydrogens (primary N) is 1. The van der Waals surface area contributed by atoms with Crippen molar-refractivity contribution >= 4 is 18.4 Å². The first kappa shape index (κ1) is 41.9. The number of unbranched alkanes of at least 4 members (excludes halogenated alkanes) is 1. The zero-order valence-electron chi connectivity index (χ0n) is 29.1. The third-order valence-electron chi connectivity index (χ3n) is 9.09. The van der Waals surface area contributed by atoms with E-state index >= 15 is 0 Å². The number of hydrogen-bond acceptors (Lipinski definition) is 5. The molecular weight excluding hydrogens is 735 g/mol. The Labute approximate surface area is 305 Å². The molecule has 2 N–H and O–H groups in total. The molecule has 3 atom stereocenters. The molecular formula is C37H39F9N4O4. The van der Waals surface area contributed by atoms with Crippen molar-refractivity contribution in [2.24, 2.45) is 5.73 Å². The molecule has 54 heavy (non-hydrogen) atoms. The van der Waals surface area contributed by atoms with E-state index in [4.69, 9.17) is 10.5 Å². The Hall–Kier alpha value is -4.80. The Morgan fingerprint density at radius 1 is 0.852 bits per heavy atom. The van der Waals surface area contributed by atoms with Gasteiger partial charge in [0.25, 0.3) is 0 Å². The quantitative estimate of drug-likeness (QED) is 0.102. The minimum Gasteiger partial charge on any atom is -0.444 e. The molecule has 3 aromatic rings. The molecule has 3 amide bonds. The normalized spacial score (nSPS) is 17.4. The van der Waals surface area contributed by atoms with Crippen LogP contribution in [0.25, 0.3) is 0 Å². The van der Waals surface area contributed by atoms with Gasteiger partial charge in [0.15, 0.2) is 0 Å². The summed E-state index contributed by atoms with van der Waals surface area (Å²) in [6.45, 7) is 0.170. The van der Waals surface area contributed by atoms with Gasteiger partial charge in [-0.3, -0.25) is 14.5 Å². The van der Waals surface area contributed by atoms with Crippen LogP contribution < -0.4 is 5.73 Å². The topological polar surface area (TPSA) is 96.2 Å². The van der Waals surface area contributed by atoms with E-state index in [9.17, 15) is 53.9 Å². The van der Waals surface area contributed by atoms with Crippen LogP contribution >= 0.6 is 0 Å². The molecule has 1 aliphatic rings. The first-order valence-corrected chi connectivity index (χ1v) is 17.0. The van der Waals surface area contributed by atoms with Gasteiger partial charge in [0, 0.05) is 12.6 Å². The van der Waals surface area contributed by atoms with Crippen LogP contribution in [0.3, 0.4) is 0 Å². The number of alkyl halides is 9. The molecule has 4 rings (SSSR count). The zero-order valence-corrected chi connectivity index (χ0v) is 29.1. The van der Waals surface area contributed by atoms with E-state index in [1.165, 1.54) is 17.0 Å². The van der Waals surface area contributed by atoms with Gasteiger partial charge in [-0.05, 0) is 85.7 Å². The van der Waals surface area contributed by atoms with Crippen molar-refractivity contribution in [1.82, 2.24) is 14.7 Å². The van der Waals surface area contributed by atoms with Crippen LogP contribution in [0.1, 0.15) is 66.0 Å². The lowest BCUT2D eigenvalue weighted by atomic mass is 9.98. The monoisotopic (exact) mass is 774 g/mol. The van der Waals surface area contributed by atoms with Gasteiger partial charge < -0.3 is 20.3 Å². The fraction of sp³-hybridized carbons (Fsp3) is 0.432. The highest BCUT2D eigenvalue weighted by molar-refractivity contribution is 5.85. The number of ether oxygens (including phenoxy) is 1. The van der Waals surface area contributed by atoms with Crippen molar-refractivity contribution in [1.29, 1.82) is 0 Å². The second kappa shape index (κ2) is 17.6. The lowest BCUT2D eigenvalue weighted by Crippen LogP contribution is -2.68. The summed E-state index contributed by atoms with van der Waals surface area (Å²) < 4.78 is 128. The minimum absolute atomic E-state index is 0.0601. The number of benzene rings is 3. The standard InChI is InChI=1S/C37H39F9N4O4/c1-2-30(18-24-9-4-3-5-10-24)50(34(53)54-22-26-16-28(36(41,42)43)19-29(17-26)37(44,45)46)32-21-48(20-25-11-8-12-27(15-25)35(38,39)40)33(52)31(49(32)23-51)13-6-7-14-47/h3-5,8-12,15-17,19,23,30-32H,2,6-7,13-14,18,20-22,47H2,1H3/t30?,31-,32?/m0/s1. The van der Waals surface area contributed by atoms with Gasteiger partial charge in [0.05, 0.1) is 23.2 Å². The summed E-state index contributed by atoms with van der Waals surface area (Å²) in [5, 5.41) is 0. The van der Waals surface area contributed by atoms with Crippen LogP contribution in [0.5, 0.6) is 0 Å². The lowest BCUT2D eigenvalue weighted by molar-refractivity contribution is -0.159. The van der Waals surface area contributed by atoms with E-state index in [0.29, 0.717) is 31.4 Å². The highest BCUT2D eigenvalue weighted by atomic mass is 19.4. The van der Waals surface area contributed by atoms with Crippen molar-refractivity contribution in [3.8, 4) is 0 Å². The van der Waals surface area contributed by atoms with Gasteiger partial charge in [-0.1, -0.05) is 49.4 Å². The van der Waals surface area contributed by atoms with Gasteiger partial charge in [0.1, 0.15) is 18.8 Å². The molecule has 3 aromatic carbocycles. The van der Waals surface area contributed by atoms with E-state index in [1.807, 2.05) is 0 Å². The van der Waals surface area contributed by atoms with Crippen LogP contribution in [0.2, 0.25) is 0 Å². The Morgan fingerprint density at radius 2 is 1.44 bits per heavy atom. The minimum atomic E-state index is -5.16. The molecule has 1 heterocycles. The molecule has 17 heteroatoms. The number of carbonyl (C=O) groups excluding carboxylic acids is 3. The molecule has 0 aromatic heterocycles. The average molecular weight is 775 g/mol. The fourth-order valence-corrected chi connectivity index (χ4v) is 6.43. The Bertz CT molecular complexity index is 1700. The van der Waals surface area contributed by atoms with Crippen molar-refractivity contribution in [2.75, 3.05) is 13.1 Å². The number of carbonyl (C=O) groups is 3. The predicted molar refractivity (Wildman–Crippen MR) is 178 cm³/mol. The van der Waals surface area contributed by atoms with E-state index in [0.717, 1.165) is 27.5 Å². The first-order valence-electron chi connectivity index (χ1n) is 17.0. The number of amides is 3. The largest absolute Gasteiger partial charge is 0.444 e. The molecule has 0 radical (unpaired) electrons. The summed E-state index contributed by atoms with van der Waals surface area (Å²) in [4.78, 5) is 44.4. The summed E-state index contributed by atoms with van der Waals surface area (Å²) in [7, 11) is 0. The molecule has 2 unspecified atom stereocenters. The van der Waals surface area contributed by atoms with Gasteiger partial charge in [-0.15, -0.1) is 0 Å². The van der Waals surface area contributed by atoms with E-state index in [1.54, 1.807) is 37.3 Å². The van der Waals surface area contributed by atoms with E-state index in [-0.39, 0.29) is 44.0 Å². The summed E-state index contributed by atoms with van der Waals surface area (Å²) in [5.74, 6) is -0.610. The number of hydrogen-bond donors (Lipinski definition) is 1. The summed E-state index contributed by atoms with van der Waals surface area (Å²) in [5.41, 5.74) is 1.68. The second-order valence-corrected chi connectivity index (χ2v) is 12.9. The number of nitrogens with zero attached hydrogens (tertiary/aromatic N) is 3. The molecule has 1 fully saturated rings. The highest BCUT2D eigenvalue weighted by Crippen LogP contribution is 2.37. The van der Waals surface area contributed by atoms with Gasteiger partial charge >= 0.3 is 24.6 Å². The Balaban J connectivity index is 1.78. The molecule has 0 saturated carbocycles. The predicted octanol–water partition coefficient (Wildman–Crippen LogP) is 8.03. The summed E-state index contributed by atoms with van der Waals surface area (Å²) in [6, 6.07) is 11.8. The molecule has 1 saturated heterocycles. The molecule has 0 bridgehead atoms. The van der Waals surface area contributed by atoms with E-state index in [2.05, 4.69) is 0 Å². The number of rotatable bonds is 14. The van der Waals surface area contributed by atoms with Gasteiger partial charge in [-0.2, -0.15) is 39.5 Å². The first-order chi connectivity index (χ1) is 25.4. The maximum Gasteiger partial charge on any atom is 0.416 e. The average Bonchev–Trinajstić information content (AvgIpc) is 3.11. The van der Waals surface area contributed by atoms with Crippen LogP contribution in [-0.2, 0) is 52.4 Å². The maximum absolute atomic E-state index is 14.2. The molecule has 8 nitrogen and oxygen atoms in total. The van der Waals surface area contributed by atoms with Crippen molar-refractivity contribution in [3.05, 3.63) is 106 Å². The zero-order chi connectivity index (χ0) is 39.8. The van der Waals surface area contributed by atoms with Crippen molar-refractivity contribution < 1.29 is 58.6 Å². The SMILES string of the molecule is CCC(Cc1ccccc1)N(C(=O)OCc1cc(C(F)(F)F)cc(C(F)(F)F)c1)C1CN(Cc2cccc(C(F)(F)F)c2)C(=O)[C@H](CCCCN)N1C=O. The lowest BCUT2D eigenvalue weighted by Gasteiger charge is -2.50. The third kappa shape index (κ3) is 10.7. The molecule has 0 spiro atoms. The summed E-state index contributed by atoms with van der Waals surface area (Å²) >= 11 is 0. The summed E-state index contributed by atoms with van der Waals surface area (Å²) in [6.07, 6.45) is -16.0. The fourth-order valence-electron chi connectivity index (χ4n) is 6.43. The number of piperazine rings is 1. The van der Waals surface area contributed by atoms with Crippen LogP contribution in [0.4, 0.5) is 44.3 Å². The molecule has 1 aliphatic heterocycles. The second-order valence-electron chi connectivity index (χ2n) is 12.9. The van der Waals surface area contributed by atoms with Crippen molar-refractivity contribution in [3.63, 3.8) is 0 Å². The smallest absolute Gasteiger partial charge is 0.416 e.